The van der Waals surface area contributed by atoms with Crippen molar-refractivity contribution in [3.05, 3.63) is 16.5 Å². The molecule has 0 saturated heterocycles. The first-order chi connectivity index (χ1) is 8.32. The maximum Gasteiger partial charge on any atom is 0.265 e. The molecule has 0 aromatic carbocycles. The molecule has 1 aromatic heterocycles. The quantitative estimate of drug-likeness (QED) is 0.814. The summed E-state index contributed by atoms with van der Waals surface area (Å²) in [6.07, 6.45) is -4.53. The molecule has 18 heavy (non-hydrogen) atoms. The standard InChI is InChI=1S/C11H16ClF2N3O/c1-5(2)10-16-8(12)6(3)11(17-10)15-4-7(18)9(13)14/h5,7,9,18H,4H2,1-3H3,(H,15,16,17). The molecule has 0 aliphatic rings. The molecule has 0 fully saturated rings. The Hall–Kier alpha value is -1.01. The van der Waals surface area contributed by atoms with Crippen molar-refractivity contribution in [3.8, 4) is 0 Å². The predicted molar refractivity (Wildman–Crippen MR) is 66.4 cm³/mol. The second kappa shape index (κ2) is 6.24. The Morgan fingerprint density at radius 3 is 2.44 bits per heavy atom. The fraction of sp³-hybridized carbons (Fsp3) is 0.636. The lowest BCUT2D eigenvalue weighted by molar-refractivity contribution is 0.00380. The molecule has 102 valence electrons. The van der Waals surface area contributed by atoms with Crippen molar-refractivity contribution >= 4 is 17.4 Å². The molecule has 0 aliphatic carbocycles. The number of anilines is 1. The lowest BCUT2D eigenvalue weighted by atomic mass is 10.2. The highest BCUT2D eigenvalue weighted by Gasteiger charge is 2.18. The summed E-state index contributed by atoms with van der Waals surface area (Å²) < 4.78 is 24.3. The van der Waals surface area contributed by atoms with Crippen LogP contribution in [0.4, 0.5) is 14.6 Å². The molecule has 1 unspecified atom stereocenters. The lowest BCUT2D eigenvalue weighted by Crippen LogP contribution is -2.27. The molecule has 1 heterocycles. The van der Waals surface area contributed by atoms with Crippen LogP contribution < -0.4 is 5.32 Å². The van der Waals surface area contributed by atoms with Gasteiger partial charge in [0, 0.05) is 18.0 Å². The number of aromatic nitrogens is 2. The molecule has 0 radical (unpaired) electrons. The van der Waals surface area contributed by atoms with Crippen molar-refractivity contribution in [3.63, 3.8) is 0 Å². The van der Waals surface area contributed by atoms with Crippen molar-refractivity contribution < 1.29 is 13.9 Å². The van der Waals surface area contributed by atoms with Gasteiger partial charge >= 0.3 is 0 Å². The molecule has 0 amide bonds. The maximum atomic E-state index is 12.2. The third kappa shape index (κ3) is 3.74. The van der Waals surface area contributed by atoms with Crippen LogP contribution in [0.2, 0.25) is 5.15 Å². The first kappa shape index (κ1) is 15.0. The number of hydrogen-bond acceptors (Lipinski definition) is 4. The van der Waals surface area contributed by atoms with E-state index in [9.17, 15) is 8.78 Å². The Morgan fingerprint density at radius 2 is 1.94 bits per heavy atom. The summed E-state index contributed by atoms with van der Waals surface area (Å²) in [5, 5.41) is 12.0. The molecule has 0 spiro atoms. The largest absolute Gasteiger partial charge is 0.385 e. The molecule has 0 bridgehead atoms. The number of rotatable bonds is 5. The van der Waals surface area contributed by atoms with E-state index in [4.69, 9.17) is 16.7 Å². The number of halogens is 3. The highest BCUT2D eigenvalue weighted by atomic mass is 35.5. The van der Waals surface area contributed by atoms with Gasteiger partial charge in [0.2, 0.25) is 0 Å². The fourth-order valence-corrected chi connectivity index (χ4v) is 1.40. The van der Waals surface area contributed by atoms with Gasteiger partial charge in [0.1, 0.15) is 22.9 Å². The monoisotopic (exact) mass is 279 g/mol. The third-order valence-electron chi connectivity index (χ3n) is 2.39. The zero-order chi connectivity index (χ0) is 13.9. The minimum absolute atomic E-state index is 0.0728. The highest BCUT2D eigenvalue weighted by molar-refractivity contribution is 6.30. The smallest absolute Gasteiger partial charge is 0.265 e. The molecule has 1 atom stereocenters. The zero-order valence-corrected chi connectivity index (χ0v) is 11.2. The van der Waals surface area contributed by atoms with Crippen LogP contribution in [0.5, 0.6) is 0 Å². The van der Waals surface area contributed by atoms with Gasteiger partial charge in [0.25, 0.3) is 6.43 Å². The second-order valence-corrected chi connectivity index (χ2v) is 4.64. The molecule has 4 nitrogen and oxygen atoms in total. The van der Waals surface area contributed by atoms with Crippen LogP contribution in [0.3, 0.4) is 0 Å². The summed E-state index contributed by atoms with van der Waals surface area (Å²) in [5.74, 6) is 0.974. The van der Waals surface area contributed by atoms with E-state index >= 15 is 0 Å². The molecular formula is C11H16ClF2N3O. The number of aliphatic hydroxyl groups is 1. The third-order valence-corrected chi connectivity index (χ3v) is 2.76. The normalized spacial score (nSPS) is 13.2. The van der Waals surface area contributed by atoms with E-state index in [2.05, 4.69) is 15.3 Å². The van der Waals surface area contributed by atoms with Gasteiger partial charge in [-0.2, -0.15) is 0 Å². The topological polar surface area (TPSA) is 58.0 Å². The molecule has 2 N–H and O–H groups in total. The second-order valence-electron chi connectivity index (χ2n) is 4.28. The van der Waals surface area contributed by atoms with E-state index in [1.165, 1.54) is 0 Å². The summed E-state index contributed by atoms with van der Waals surface area (Å²) >= 11 is 5.94. The van der Waals surface area contributed by atoms with Gasteiger partial charge in [-0.25, -0.2) is 18.7 Å². The minimum atomic E-state index is -2.79. The molecule has 7 heteroatoms. The van der Waals surface area contributed by atoms with E-state index in [1.54, 1.807) is 6.92 Å². The van der Waals surface area contributed by atoms with Gasteiger partial charge in [-0.05, 0) is 6.92 Å². The van der Waals surface area contributed by atoms with Crippen LogP contribution in [0, 0.1) is 6.92 Å². The number of hydrogen-bond donors (Lipinski definition) is 2. The van der Waals surface area contributed by atoms with Crippen LogP contribution in [0.1, 0.15) is 31.2 Å². The first-order valence-electron chi connectivity index (χ1n) is 5.57. The molecule has 1 rings (SSSR count). The Kier molecular flexibility index (Phi) is 5.22. The number of alkyl halides is 2. The Morgan fingerprint density at radius 1 is 1.33 bits per heavy atom. The molecular weight excluding hydrogens is 264 g/mol. The van der Waals surface area contributed by atoms with Gasteiger partial charge in [-0.3, -0.25) is 0 Å². The summed E-state index contributed by atoms with van der Waals surface area (Å²) in [7, 11) is 0. The van der Waals surface area contributed by atoms with E-state index in [0.717, 1.165) is 0 Å². The number of aliphatic hydroxyl groups excluding tert-OH is 1. The van der Waals surface area contributed by atoms with Crippen LogP contribution in [-0.2, 0) is 0 Å². The lowest BCUT2D eigenvalue weighted by Gasteiger charge is -2.15. The Balaban J connectivity index is 2.87. The zero-order valence-electron chi connectivity index (χ0n) is 10.4. The average molecular weight is 280 g/mol. The Labute approximate surface area is 109 Å². The minimum Gasteiger partial charge on any atom is -0.385 e. The molecule has 0 aliphatic heterocycles. The van der Waals surface area contributed by atoms with Gasteiger partial charge in [0.05, 0.1) is 0 Å². The number of nitrogens with zero attached hydrogens (tertiary/aromatic N) is 2. The SMILES string of the molecule is Cc1c(Cl)nc(C(C)C)nc1NCC(O)C(F)F. The van der Waals surface area contributed by atoms with Crippen molar-refractivity contribution in [1.29, 1.82) is 0 Å². The van der Waals surface area contributed by atoms with Gasteiger partial charge in [0.15, 0.2) is 0 Å². The van der Waals surface area contributed by atoms with Crippen LogP contribution in [0.15, 0.2) is 0 Å². The summed E-state index contributed by atoms with van der Waals surface area (Å²) in [5.41, 5.74) is 0.572. The first-order valence-corrected chi connectivity index (χ1v) is 5.94. The van der Waals surface area contributed by atoms with Gasteiger partial charge < -0.3 is 10.4 Å². The number of nitrogens with one attached hydrogen (secondary N) is 1. The van der Waals surface area contributed by atoms with E-state index in [1.807, 2.05) is 13.8 Å². The summed E-state index contributed by atoms with van der Waals surface area (Å²) in [6.45, 7) is 5.20. The summed E-state index contributed by atoms with van der Waals surface area (Å²) in [6, 6.07) is 0. The maximum absolute atomic E-state index is 12.2. The average Bonchev–Trinajstić information content (AvgIpc) is 2.29. The predicted octanol–water partition coefficient (Wildman–Crippen LogP) is 2.60. The van der Waals surface area contributed by atoms with E-state index < -0.39 is 12.5 Å². The van der Waals surface area contributed by atoms with Gasteiger partial charge in [-0.1, -0.05) is 25.4 Å². The Bertz CT molecular complexity index is 416. The van der Waals surface area contributed by atoms with Crippen molar-refractivity contribution in [2.45, 2.75) is 39.2 Å². The van der Waals surface area contributed by atoms with Crippen molar-refractivity contribution in [1.82, 2.24) is 9.97 Å². The highest BCUT2D eigenvalue weighted by Crippen LogP contribution is 2.22. The van der Waals surface area contributed by atoms with Gasteiger partial charge in [-0.15, -0.1) is 0 Å². The molecule has 0 saturated carbocycles. The van der Waals surface area contributed by atoms with E-state index in [0.29, 0.717) is 17.2 Å². The van der Waals surface area contributed by atoms with Crippen LogP contribution in [0.25, 0.3) is 0 Å². The fourth-order valence-electron chi connectivity index (χ4n) is 1.23. The van der Waals surface area contributed by atoms with Crippen molar-refractivity contribution in [2.75, 3.05) is 11.9 Å². The van der Waals surface area contributed by atoms with E-state index in [-0.39, 0.29) is 17.6 Å². The molecule has 1 aromatic rings. The van der Waals surface area contributed by atoms with Crippen molar-refractivity contribution in [2.24, 2.45) is 0 Å². The van der Waals surface area contributed by atoms with Crippen LogP contribution in [-0.4, -0.2) is 34.1 Å². The summed E-state index contributed by atoms with van der Waals surface area (Å²) in [4.78, 5) is 8.30. The van der Waals surface area contributed by atoms with Crippen LogP contribution >= 0.6 is 11.6 Å².